The van der Waals surface area contributed by atoms with Crippen LogP contribution in [0.4, 0.5) is 5.69 Å². The molecule has 0 saturated carbocycles. The fourth-order valence-corrected chi connectivity index (χ4v) is 5.56. The molecule has 43 heavy (non-hydrogen) atoms. The van der Waals surface area contributed by atoms with Crippen LogP contribution in [0, 0.1) is 0 Å². The molecule has 0 aliphatic heterocycles. The fourth-order valence-electron chi connectivity index (χ4n) is 5.10. The third-order valence-corrected chi connectivity index (χ3v) is 7.71. The maximum absolute atomic E-state index is 13.7. The molecule has 1 aliphatic carbocycles. The third-order valence-electron chi connectivity index (χ3n) is 7.17. The molecular weight excluding hydrogens is 583 g/mol. The number of aromatic nitrogens is 1. The van der Waals surface area contributed by atoms with E-state index >= 15 is 0 Å². The van der Waals surface area contributed by atoms with E-state index in [1.807, 2.05) is 78.9 Å². The van der Waals surface area contributed by atoms with E-state index < -0.39 is 18.0 Å². The van der Waals surface area contributed by atoms with Gasteiger partial charge in [-0.1, -0.05) is 71.7 Å². The van der Waals surface area contributed by atoms with Gasteiger partial charge in [0, 0.05) is 10.4 Å². The second-order valence-electron chi connectivity index (χ2n) is 10.1. The number of anilines is 1. The van der Waals surface area contributed by atoms with Crippen LogP contribution >= 0.6 is 23.2 Å². The number of amides is 1. The Morgan fingerprint density at radius 3 is 2.47 bits per heavy atom. The summed E-state index contributed by atoms with van der Waals surface area (Å²) in [5.41, 5.74) is 5.00. The molecule has 8 heteroatoms. The van der Waals surface area contributed by atoms with Crippen LogP contribution in [0.15, 0.2) is 97.1 Å². The number of hydrogen-bond acceptors (Lipinski definition) is 5. The predicted molar refractivity (Wildman–Crippen MR) is 171 cm³/mol. The highest BCUT2D eigenvalue weighted by Crippen LogP contribution is 2.38. The highest BCUT2D eigenvalue weighted by atomic mass is 35.5. The molecule has 5 aromatic rings. The number of para-hydroxylation sites is 2. The summed E-state index contributed by atoms with van der Waals surface area (Å²) in [4.78, 5) is 31.5. The van der Waals surface area contributed by atoms with E-state index in [1.165, 1.54) is 13.0 Å². The van der Waals surface area contributed by atoms with E-state index in [9.17, 15) is 9.59 Å². The minimum Gasteiger partial charge on any atom is -0.457 e. The van der Waals surface area contributed by atoms with E-state index in [0.717, 1.165) is 33.9 Å². The Balaban J connectivity index is 1.28. The molecule has 1 atom stereocenters. The van der Waals surface area contributed by atoms with Crippen molar-refractivity contribution in [1.29, 1.82) is 0 Å². The van der Waals surface area contributed by atoms with Gasteiger partial charge in [-0.05, 0) is 91.1 Å². The Morgan fingerprint density at radius 1 is 0.884 bits per heavy atom. The Bertz CT molecular complexity index is 1890. The average Bonchev–Trinajstić information content (AvgIpc) is 3.39. The molecule has 6 nitrogen and oxygen atoms in total. The first kappa shape index (κ1) is 28.5. The highest BCUT2D eigenvalue weighted by Gasteiger charge is 2.29. The summed E-state index contributed by atoms with van der Waals surface area (Å²) in [5, 5.41) is 4.11. The molecular formula is C35H26Cl2N2O4. The van der Waals surface area contributed by atoms with Crippen molar-refractivity contribution in [2.45, 2.75) is 25.9 Å². The SMILES string of the molecule is CC(OC(=O)c1c2c(nc3ccccc13)/C(=C/c1cccc(Oc3ccccc3)c1)CC2)C(=O)Nc1ccc(Cl)cc1Cl. The molecule has 1 aliphatic rings. The van der Waals surface area contributed by atoms with Gasteiger partial charge in [0.05, 0.1) is 27.5 Å². The topological polar surface area (TPSA) is 77.5 Å². The summed E-state index contributed by atoms with van der Waals surface area (Å²) in [6.45, 7) is 1.52. The van der Waals surface area contributed by atoms with Gasteiger partial charge in [-0.15, -0.1) is 0 Å². The van der Waals surface area contributed by atoms with E-state index in [-0.39, 0.29) is 5.02 Å². The summed E-state index contributed by atoms with van der Waals surface area (Å²) >= 11 is 12.2. The van der Waals surface area contributed by atoms with E-state index in [0.29, 0.717) is 40.0 Å². The molecule has 1 aromatic heterocycles. The first-order valence-corrected chi connectivity index (χ1v) is 14.5. The molecule has 0 bridgehead atoms. The molecule has 0 fully saturated rings. The predicted octanol–water partition coefficient (Wildman–Crippen LogP) is 9.00. The first-order valence-electron chi connectivity index (χ1n) is 13.8. The van der Waals surface area contributed by atoms with E-state index in [2.05, 4.69) is 11.4 Å². The zero-order valence-corrected chi connectivity index (χ0v) is 24.7. The smallest absolute Gasteiger partial charge is 0.339 e. The largest absolute Gasteiger partial charge is 0.457 e. The van der Waals surface area contributed by atoms with Gasteiger partial charge < -0.3 is 14.8 Å². The van der Waals surface area contributed by atoms with Crippen LogP contribution in [0.1, 0.15) is 40.5 Å². The number of esters is 1. The van der Waals surface area contributed by atoms with Crippen LogP contribution in [-0.2, 0) is 16.0 Å². The summed E-state index contributed by atoms with van der Waals surface area (Å²) in [5.74, 6) is 0.389. The molecule has 1 N–H and O–H groups in total. The van der Waals surface area contributed by atoms with Gasteiger partial charge in [0.25, 0.3) is 5.91 Å². The summed E-state index contributed by atoms with van der Waals surface area (Å²) in [6.07, 6.45) is 2.32. The van der Waals surface area contributed by atoms with Crippen LogP contribution < -0.4 is 10.1 Å². The number of benzene rings is 4. The van der Waals surface area contributed by atoms with Gasteiger partial charge in [0.1, 0.15) is 11.5 Å². The van der Waals surface area contributed by atoms with Gasteiger partial charge in [0.15, 0.2) is 6.10 Å². The van der Waals surface area contributed by atoms with E-state index in [4.69, 9.17) is 37.7 Å². The van der Waals surface area contributed by atoms with Crippen molar-refractivity contribution in [1.82, 2.24) is 4.98 Å². The maximum atomic E-state index is 13.7. The van der Waals surface area contributed by atoms with Gasteiger partial charge in [0.2, 0.25) is 0 Å². The second-order valence-corrected chi connectivity index (χ2v) is 11.0. The number of carbonyl (C=O) groups is 2. The number of fused-ring (bicyclic) bond motifs is 2. The highest BCUT2D eigenvalue weighted by molar-refractivity contribution is 6.36. The molecule has 0 spiro atoms. The summed E-state index contributed by atoms with van der Waals surface area (Å²) in [7, 11) is 0. The van der Waals surface area contributed by atoms with Gasteiger partial charge in [-0.3, -0.25) is 4.79 Å². The van der Waals surface area contributed by atoms with Crippen molar-refractivity contribution in [3.05, 3.63) is 129 Å². The lowest BCUT2D eigenvalue weighted by atomic mass is 10.0. The number of nitrogens with zero attached hydrogens (tertiary/aromatic N) is 1. The number of allylic oxidation sites excluding steroid dienone is 1. The number of rotatable bonds is 7. The number of halogens is 2. The Hall–Kier alpha value is -4.65. The second kappa shape index (κ2) is 12.3. The zero-order valence-electron chi connectivity index (χ0n) is 23.1. The summed E-state index contributed by atoms with van der Waals surface area (Å²) in [6, 6.07) is 29.6. The number of hydrogen-bond donors (Lipinski definition) is 1. The van der Waals surface area contributed by atoms with Crippen LogP contribution in [0.5, 0.6) is 11.5 Å². The van der Waals surface area contributed by atoms with Crippen molar-refractivity contribution in [2.24, 2.45) is 0 Å². The number of carbonyl (C=O) groups excluding carboxylic acids is 2. The van der Waals surface area contributed by atoms with Crippen molar-refractivity contribution in [2.75, 3.05) is 5.32 Å². The number of nitrogens with one attached hydrogen (secondary N) is 1. The fraction of sp³-hybridized carbons (Fsp3) is 0.114. The van der Waals surface area contributed by atoms with E-state index in [1.54, 1.807) is 12.1 Å². The molecule has 0 radical (unpaired) electrons. The zero-order chi connectivity index (χ0) is 29.9. The molecule has 214 valence electrons. The first-order chi connectivity index (χ1) is 20.9. The number of ether oxygens (including phenoxy) is 2. The Kier molecular flexibility index (Phi) is 8.14. The minimum absolute atomic E-state index is 0.286. The lowest BCUT2D eigenvalue weighted by Crippen LogP contribution is -2.30. The van der Waals surface area contributed by atoms with Gasteiger partial charge in [-0.25, -0.2) is 9.78 Å². The quantitative estimate of drug-likeness (QED) is 0.186. The van der Waals surface area contributed by atoms with Crippen molar-refractivity contribution >= 4 is 63.3 Å². The molecule has 1 amide bonds. The lowest BCUT2D eigenvalue weighted by Gasteiger charge is -2.17. The minimum atomic E-state index is -1.08. The molecule has 1 heterocycles. The number of pyridine rings is 1. The normalized spacial score (nSPS) is 13.9. The van der Waals surface area contributed by atoms with Gasteiger partial charge in [-0.2, -0.15) is 0 Å². The lowest BCUT2D eigenvalue weighted by molar-refractivity contribution is -0.123. The van der Waals surface area contributed by atoms with Crippen LogP contribution in [0.2, 0.25) is 10.0 Å². The van der Waals surface area contributed by atoms with Crippen LogP contribution in [-0.4, -0.2) is 23.0 Å². The molecule has 0 saturated heterocycles. The molecule has 4 aromatic carbocycles. The van der Waals surface area contributed by atoms with Gasteiger partial charge >= 0.3 is 5.97 Å². The van der Waals surface area contributed by atoms with Crippen LogP contribution in [0.3, 0.4) is 0 Å². The average molecular weight is 610 g/mol. The molecule has 1 unspecified atom stereocenters. The maximum Gasteiger partial charge on any atom is 0.339 e. The Morgan fingerprint density at radius 2 is 1.65 bits per heavy atom. The summed E-state index contributed by atoms with van der Waals surface area (Å²) < 4.78 is 11.7. The standard InChI is InChI=1S/C35H26Cl2N2O4/c1-21(34(40)39-31-17-15-24(36)20-29(31)37)42-35(41)32-27-12-5-6-13-30(27)38-33-23(14-16-28(32)33)18-22-8-7-11-26(19-22)43-25-9-3-2-4-10-25/h2-13,15,17-21H,14,16H2,1H3,(H,39,40)/b23-18+. The third kappa shape index (κ3) is 6.26. The Labute approximate surface area is 258 Å². The monoisotopic (exact) mass is 608 g/mol. The molecule has 6 rings (SSSR count). The van der Waals surface area contributed by atoms with Crippen LogP contribution in [0.25, 0.3) is 22.6 Å². The van der Waals surface area contributed by atoms with Crippen molar-refractivity contribution < 1.29 is 19.1 Å². The van der Waals surface area contributed by atoms with Crippen molar-refractivity contribution in [3.63, 3.8) is 0 Å². The van der Waals surface area contributed by atoms with Crippen molar-refractivity contribution in [3.8, 4) is 11.5 Å².